The van der Waals surface area contributed by atoms with Crippen LogP contribution in [-0.4, -0.2) is 32.2 Å². The average Bonchev–Trinajstić information content (AvgIpc) is 2.62. The van der Waals surface area contributed by atoms with Crippen LogP contribution in [0.2, 0.25) is 0 Å². The van der Waals surface area contributed by atoms with Gasteiger partial charge in [-0.25, -0.2) is 0 Å². The van der Waals surface area contributed by atoms with Gasteiger partial charge in [0.05, 0.1) is 6.61 Å². The number of amides is 1. The number of rotatable bonds is 9. The highest BCUT2D eigenvalue weighted by Crippen LogP contribution is 2.30. The molecule has 0 radical (unpaired) electrons. The Bertz CT molecular complexity index is 584. The third kappa shape index (κ3) is 7.89. The van der Waals surface area contributed by atoms with Crippen LogP contribution in [0, 0.1) is 11.8 Å². The van der Waals surface area contributed by atoms with E-state index in [1.165, 1.54) is 6.07 Å². The van der Waals surface area contributed by atoms with E-state index < -0.39 is 6.61 Å². The van der Waals surface area contributed by atoms with Crippen molar-refractivity contribution in [1.82, 2.24) is 10.6 Å². The molecule has 0 spiro atoms. The van der Waals surface area contributed by atoms with Crippen LogP contribution in [0.25, 0.3) is 0 Å². The van der Waals surface area contributed by atoms with E-state index in [4.69, 9.17) is 4.74 Å². The number of piperidine rings is 1. The van der Waals surface area contributed by atoms with E-state index in [1.807, 2.05) is 0 Å². The van der Waals surface area contributed by atoms with Crippen LogP contribution >= 0.6 is 12.4 Å². The summed E-state index contributed by atoms with van der Waals surface area (Å²) < 4.78 is 34.7. The van der Waals surface area contributed by atoms with Gasteiger partial charge in [-0.1, -0.05) is 13.0 Å². The van der Waals surface area contributed by atoms with E-state index in [2.05, 4.69) is 22.3 Å². The van der Waals surface area contributed by atoms with Crippen LogP contribution in [0.3, 0.4) is 0 Å². The zero-order valence-electron chi connectivity index (χ0n) is 15.8. The Hall–Kier alpha value is -1.60. The fraction of sp³-hybridized carbons (Fsp3) is 0.632. The molecular weight excluding hydrogens is 378 g/mol. The molecule has 2 N–H and O–H groups in total. The number of nitrogens with one attached hydrogen (secondary N) is 2. The summed E-state index contributed by atoms with van der Waals surface area (Å²) in [6, 6.07) is 4.71. The van der Waals surface area contributed by atoms with Gasteiger partial charge in [0.1, 0.15) is 0 Å². The van der Waals surface area contributed by atoms with E-state index in [0.29, 0.717) is 31.4 Å². The summed E-state index contributed by atoms with van der Waals surface area (Å²) >= 11 is 0. The minimum atomic E-state index is -2.91. The Morgan fingerprint density at radius 2 is 2.00 bits per heavy atom. The number of ether oxygens (including phenoxy) is 2. The van der Waals surface area contributed by atoms with Crippen LogP contribution in [-0.2, 0) is 11.3 Å². The molecule has 154 valence electrons. The number of carbonyl (C=O) groups excluding carboxylic acids is 1. The molecule has 1 unspecified atom stereocenters. The molecule has 0 saturated carbocycles. The molecule has 1 fully saturated rings. The smallest absolute Gasteiger partial charge is 0.387 e. The first-order chi connectivity index (χ1) is 12.5. The molecule has 1 saturated heterocycles. The highest BCUT2D eigenvalue weighted by Gasteiger charge is 2.22. The molecule has 5 nitrogen and oxygen atoms in total. The third-order valence-electron chi connectivity index (χ3n) is 4.71. The quantitative estimate of drug-likeness (QED) is 0.655. The second-order valence-corrected chi connectivity index (χ2v) is 6.64. The second kappa shape index (κ2) is 12.0. The van der Waals surface area contributed by atoms with Crippen LogP contribution in [0.5, 0.6) is 11.5 Å². The van der Waals surface area contributed by atoms with Crippen molar-refractivity contribution >= 4 is 18.3 Å². The maximum Gasteiger partial charge on any atom is 0.387 e. The fourth-order valence-corrected chi connectivity index (χ4v) is 3.27. The summed E-state index contributed by atoms with van der Waals surface area (Å²) in [4.78, 5) is 12.2. The molecule has 0 aliphatic carbocycles. The average molecular weight is 407 g/mol. The molecule has 2 rings (SSSR count). The summed E-state index contributed by atoms with van der Waals surface area (Å²) in [5.74, 6) is 1.18. The summed E-state index contributed by atoms with van der Waals surface area (Å²) in [6.07, 6.45) is 2.71. The summed E-state index contributed by atoms with van der Waals surface area (Å²) in [6.45, 7) is 3.68. The minimum Gasteiger partial charge on any atom is -0.490 e. The Balaban J connectivity index is 0.00000364. The van der Waals surface area contributed by atoms with Gasteiger partial charge in [-0.15, -0.1) is 12.4 Å². The lowest BCUT2D eigenvalue weighted by Crippen LogP contribution is -2.33. The number of hydrogen-bond acceptors (Lipinski definition) is 4. The first-order valence-corrected chi connectivity index (χ1v) is 9.17. The molecule has 8 heteroatoms. The van der Waals surface area contributed by atoms with E-state index >= 15 is 0 Å². The number of halogens is 3. The largest absolute Gasteiger partial charge is 0.490 e. The van der Waals surface area contributed by atoms with Crippen molar-refractivity contribution in [2.45, 2.75) is 46.3 Å². The highest BCUT2D eigenvalue weighted by atomic mass is 35.5. The standard InChI is InChI=1S/C19H28F2N2O3.ClH/c1-3-25-17-11-14(4-5-16(17)26-19(20)21)12-23-18(24)10-13(2)15-6-8-22-9-7-15;/h4-5,11,13,15,19,22H,3,6-10,12H2,1-2H3,(H,23,24);1H. The molecule has 0 bridgehead atoms. The lowest BCUT2D eigenvalue weighted by molar-refractivity contribution is -0.122. The molecule has 1 aliphatic rings. The van der Waals surface area contributed by atoms with Crippen molar-refractivity contribution in [1.29, 1.82) is 0 Å². The SMILES string of the molecule is CCOc1cc(CNC(=O)CC(C)C2CCNCC2)ccc1OC(F)F.Cl. The fourth-order valence-electron chi connectivity index (χ4n) is 3.27. The molecular formula is C19H29ClF2N2O3. The van der Waals surface area contributed by atoms with Crippen molar-refractivity contribution in [2.24, 2.45) is 11.8 Å². The van der Waals surface area contributed by atoms with Gasteiger partial charge in [0.25, 0.3) is 0 Å². The molecule has 1 atom stereocenters. The van der Waals surface area contributed by atoms with Crippen molar-refractivity contribution in [3.05, 3.63) is 23.8 Å². The summed E-state index contributed by atoms with van der Waals surface area (Å²) in [5.41, 5.74) is 0.776. The van der Waals surface area contributed by atoms with Gasteiger partial charge in [0, 0.05) is 13.0 Å². The molecule has 1 aromatic carbocycles. The van der Waals surface area contributed by atoms with E-state index in [-0.39, 0.29) is 29.8 Å². The van der Waals surface area contributed by atoms with Crippen molar-refractivity contribution in [3.63, 3.8) is 0 Å². The maximum atomic E-state index is 12.4. The van der Waals surface area contributed by atoms with Crippen molar-refractivity contribution < 1.29 is 23.0 Å². The van der Waals surface area contributed by atoms with Gasteiger partial charge >= 0.3 is 6.61 Å². The summed E-state index contributed by atoms with van der Waals surface area (Å²) in [7, 11) is 0. The third-order valence-corrected chi connectivity index (χ3v) is 4.71. The lowest BCUT2D eigenvalue weighted by atomic mass is 9.84. The molecule has 1 heterocycles. The van der Waals surface area contributed by atoms with E-state index in [1.54, 1.807) is 19.1 Å². The predicted octanol–water partition coefficient (Wildman–Crippen LogP) is 3.75. The molecule has 0 aromatic heterocycles. The van der Waals surface area contributed by atoms with Gasteiger partial charge in [0.15, 0.2) is 11.5 Å². The lowest BCUT2D eigenvalue weighted by Gasteiger charge is -2.27. The number of benzene rings is 1. The maximum absolute atomic E-state index is 12.4. The van der Waals surface area contributed by atoms with Gasteiger partial charge in [-0.3, -0.25) is 4.79 Å². The number of hydrogen-bond donors (Lipinski definition) is 2. The topological polar surface area (TPSA) is 59.6 Å². The van der Waals surface area contributed by atoms with Crippen LogP contribution in [0.1, 0.15) is 38.7 Å². The first-order valence-electron chi connectivity index (χ1n) is 9.17. The molecule has 1 aromatic rings. The molecule has 1 aliphatic heterocycles. The number of carbonyl (C=O) groups is 1. The monoisotopic (exact) mass is 406 g/mol. The predicted molar refractivity (Wildman–Crippen MR) is 103 cm³/mol. The Labute approximate surface area is 165 Å². The minimum absolute atomic E-state index is 0. The zero-order chi connectivity index (χ0) is 18.9. The summed E-state index contributed by atoms with van der Waals surface area (Å²) in [5, 5.41) is 6.23. The second-order valence-electron chi connectivity index (χ2n) is 6.64. The normalized spacial score (nSPS) is 15.7. The highest BCUT2D eigenvalue weighted by molar-refractivity contribution is 5.85. The van der Waals surface area contributed by atoms with E-state index in [0.717, 1.165) is 31.5 Å². The van der Waals surface area contributed by atoms with Crippen molar-refractivity contribution in [2.75, 3.05) is 19.7 Å². The molecule has 1 amide bonds. The van der Waals surface area contributed by atoms with Gasteiger partial charge in [-0.2, -0.15) is 8.78 Å². The molecule has 27 heavy (non-hydrogen) atoms. The zero-order valence-corrected chi connectivity index (χ0v) is 16.6. The van der Waals surface area contributed by atoms with Crippen LogP contribution in [0.15, 0.2) is 18.2 Å². The van der Waals surface area contributed by atoms with Gasteiger partial charge in [-0.05, 0) is 62.4 Å². The van der Waals surface area contributed by atoms with Gasteiger partial charge < -0.3 is 20.1 Å². The Morgan fingerprint density at radius 3 is 2.63 bits per heavy atom. The number of alkyl halides is 2. The van der Waals surface area contributed by atoms with E-state index in [9.17, 15) is 13.6 Å². The van der Waals surface area contributed by atoms with Gasteiger partial charge in [0.2, 0.25) is 5.91 Å². The van der Waals surface area contributed by atoms with Crippen LogP contribution < -0.4 is 20.1 Å². The Morgan fingerprint density at radius 1 is 1.30 bits per heavy atom. The first kappa shape index (κ1) is 23.4. The van der Waals surface area contributed by atoms with Crippen molar-refractivity contribution in [3.8, 4) is 11.5 Å². The van der Waals surface area contributed by atoms with Crippen LogP contribution in [0.4, 0.5) is 8.78 Å². The Kier molecular flexibility index (Phi) is 10.4.